The van der Waals surface area contributed by atoms with Gasteiger partial charge in [-0.15, -0.1) is 0 Å². The maximum Gasteiger partial charge on any atom is 0.306 e. The lowest BCUT2D eigenvalue weighted by molar-refractivity contribution is -0.167. The third-order valence-electron chi connectivity index (χ3n) is 11.8. The predicted octanol–water partition coefficient (Wildman–Crippen LogP) is 18.0. The van der Waals surface area contributed by atoms with Crippen LogP contribution in [0.4, 0.5) is 0 Å². The second-order valence-electron chi connectivity index (χ2n) is 18.1. The molecule has 0 saturated carbocycles. The minimum atomic E-state index is -0.787. The zero-order valence-electron chi connectivity index (χ0n) is 42.3. The number of esters is 3. The van der Waals surface area contributed by atoms with Crippen LogP contribution in [0.2, 0.25) is 0 Å². The molecule has 0 radical (unpaired) electrons. The molecule has 0 heterocycles. The first kappa shape index (κ1) is 61.1. The fourth-order valence-corrected chi connectivity index (χ4v) is 7.64. The lowest BCUT2D eigenvalue weighted by Gasteiger charge is -2.18. The third-order valence-corrected chi connectivity index (χ3v) is 11.8. The van der Waals surface area contributed by atoms with E-state index in [9.17, 15) is 14.4 Å². The highest BCUT2D eigenvalue weighted by Gasteiger charge is 2.19. The van der Waals surface area contributed by atoms with Gasteiger partial charge in [0.15, 0.2) is 6.10 Å². The van der Waals surface area contributed by atoms with Gasteiger partial charge in [0, 0.05) is 19.3 Å². The molecule has 0 bridgehead atoms. The number of unbranched alkanes of at least 4 members (excludes halogenated alkanes) is 29. The Balaban J connectivity index is 4.37. The van der Waals surface area contributed by atoms with E-state index in [0.717, 1.165) is 103 Å². The van der Waals surface area contributed by atoms with Gasteiger partial charge in [-0.3, -0.25) is 14.4 Å². The summed E-state index contributed by atoms with van der Waals surface area (Å²) in [5, 5.41) is 0. The van der Waals surface area contributed by atoms with Gasteiger partial charge in [0.25, 0.3) is 0 Å². The molecular weight excluding hydrogens is 793 g/mol. The van der Waals surface area contributed by atoms with Crippen molar-refractivity contribution in [1.29, 1.82) is 0 Å². The van der Waals surface area contributed by atoms with Crippen LogP contribution in [0, 0.1) is 0 Å². The normalized spacial score (nSPS) is 12.5. The van der Waals surface area contributed by atoms with Crippen LogP contribution in [0.3, 0.4) is 0 Å². The zero-order chi connectivity index (χ0) is 46.5. The number of hydrogen-bond donors (Lipinski definition) is 0. The molecule has 0 rings (SSSR count). The first-order valence-electron chi connectivity index (χ1n) is 27.3. The Bertz CT molecular complexity index is 1170. The molecule has 1 atom stereocenters. The fraction of sp³-hybridized carbons (Fsp3) is 0.776. The molecule has 0 aromatic rings. The van der Waals surface area contributed by atoms with Crippen molar-refractivity contribution in [3.63, 3.8) is 0 Å². The molecule has 0 aliphatic heterocycles. The Morgan fingerprint density at radius 2 is 0.656 bits per heavy atom. The van der Waals surface area contributed by atoms with E-state index < -0.39 is 6.10 Å². The van der Waals surface area contributed by atoms with Crippen molar-refractivity contribution < 1.29 is 28.6 Å². The fourth-order valence-electron chi connectivity index (χ4n) is 7.64. The minimum Gasteiger partial charge on any atom is -0.462 e. The maximum atomic E-state index is 12.8. The second-order valence-corrected chi connectivity index (χ2v) is 18.1. The standard InChI is InChI=1S/C58H102O6/c1-4-7-10-13-16-19-22-25-27-28-29-30-32-33-36-39-42-45-48-51-57(60)63-54-55(53-62-56(59)50-47-44-41-38-35-24-21-18-15-12-9-6-3)64-58(61)52-49-46-43-40-37-34-31-26-23-20-17-14-11-8-5-2/h9,12,17-18,20-21,23,26,28-29,55H,4-8,10-11,13-16,19,22,24-25,27,30-54H2,1-3H3/b12-9-,20-17-,21-18-,26-23-,29-28-. The largest absolute Gasteiger partial charge is 0.462 e. The molecule has 370 valence electrons. The van der Waals surface area contributed by atoms with Crippen molar-refractivity contribution in [3.8, 4) is 0 Å². The van der Waals surface area contributed by atoms with Gasteiger partial charge >= 0.3 is 17.9 Å². The third kappa shape index (κ3) is 50.1. The Morgan fingerprint density at radius 3 is 1.08 bits per heavy atom. The van der Waals surface area contributed by atoms with Gasteiger partial charge in [-0.05, 0) is 96.3 Å². The molecular formula is C58H102O6. The topological polar surface area (TPSA) is 78.9 Å². The number of carbonyl (C=O) groups is 3. The van der Waals surface area contributed by atoms with E-state index in [0.29, 0.717) is 19.3 Å². The van der Waals surface area contributed by atoms with Crippen LogP contribution in [0.15, 0.2) is 60.8 Å². The molecule has 0 N–H and O–H groups in total. The molecule has 6 heteroatoms. The van der Waals surface area contributed by atoms with Crippen molar-refractivity contribution in [2.24, 2.45) is 0 Å². The van der Waals surface area contributed by atoms with Gasteiger partial charge in [0.05, 0.1) is 0 Å². The van der Waals surface area contributed by atoms with E-state index in [2.05, 4.69) is 81.5 Å². The van der Waals surface area contributed by atoms with E-state index in [1.807, 2.05) is 0 Å². The van der Waals surface area contributed by atoms with Gasteiger partial charge in [0.2, 0.25) is 0 Å². The smallest absolute Gasteiger partial charge is 0.306 e. The summed E-state index contributed by atoms with van der Waals surface area (Å²) in [6.07, 6.45) is 64.9. The van der Waals surface area contributed by atoms with Gasteiger partial charge < -0.3 is 14.2 Å². The zero-order valence-corrected chi connectivity index (χ0v) is 42.3. The van der Waals surface area contributed by atoms with E-state index in [1.54, 1.807) is 0 Å². The molecule has 0 aromatic carbocycles. The summed E-state index contributed by atoms with van der Waals surface area (Å²) in [5.74, 6) is -0.910. The summed E-state index contributed by atoms with van der Waals surface area (Å²) in [7, 11) is 0. The monoisotopic (exact) mass is 895 g/mol. The van der Waals surface area contributed by atoms with Crippen LogP contribution >= 0.6 is 0 Å². The molecule has 6 nitrogen and oxygen atoms in total. The molecule has 0 aromatic heterocycles. The van der Waals surface area contributed by atoms with Crippen molar-refractivity contribution in [3.05, 3.63) is 60.8 Å². The number of hydrogen-bond acceptors (Lipinski definition) is 6. The summed E-state index contributed by atoms with van der Waals surface area (Å²) in [6, 6.07) is 0. The van der Waals surface area contributed by atoms with Gasteiger partial charge in [-0.2, -0.15) is 0 Å². The molecule has 0 saturated heterocycles. The molecule has 0 spiro atoms. The van der Waals surface area contributed by atoms with Crippen molar-refractivity contribution in [2.75, 3.05) is 13.2 Å². The average Bonchev–Trinajstić information content (AvgIpc) is 3.29. The van der Waals surface area contributed by atoms with E-state index in [1.165, 1.54) is 128 Å². The van der Waals surface area contributed by atoms with Crippen LogP contribution in [0.25, 0.3) is 0 Å². The first-order chi connectivity index (χ1) is 31.5. The highest BCUT2D eigenvalue weighted by Crippen LogP contribution is 2.15. The van der Waals surface area contributed by atoms with E-state index in [4.69, 9.17) is 14.2 Å². The predicted molar refractivity (Wildman–Crippen MR) is 275 cm³/mol. The summed E-state index contributed by atoms with van der Waals surface area (Å²) < 4.78 is 16.8. The van der Waals surface area contributed by atoms with Gasteiger partial charge in [0.1, 0.15) is 13.2 Å². The van der Waals surface area contributed by atoms with Crippen LogP contribution in [0.1, 0.15) is 271 Å². The maximum absolute atomic E-state index is 12.8. The molecule has 1 unspecified atom stereocenters. The molecule has 0 aliphatic carbocycles. The van der Waals surface area contributed by atoms with Gasteiger partial charge in [-0.25, -0.2) is 0 Å². The SMILES string of the molecule is CC/C=C\C/C=C\CCCCCCCC(=O)OCC(COC(=O)CCCCCCCCC/C=C\CCCCCCCCCC)OC(=O)CCCCCCCC/C=C\C=C/CCCCC. The van der Waals surface area contributed by atoms with E-state index in [-0.39, 0.29) is 31.1 Å². The lowest BCUT2D eigenvalue weighted by Crippen LogP contribution is -2.30. The Kier molecular flexibility index (Phi) is 50.4. The van der Waals surface area contributed by atoms with Gasteiger partial charge in [-0.1, -0.05) is 216 Å². The second kappa shape index (κ2) is 52.7. The van der Waals surface area contributed by atoms with Crippen molar-refractivity contribution in [2.45, 2.75) is 277 Å². The number of carbonyl (C=O) groups excluding carboxylic acids is 3. The highest BCUT2D eigenvalue weighted by atomic mass is 16.6. The Hall–Kier alpha value is -2.89. The number of ether oxygens (including phenoxy) is 3. The van der Waals surface area contributed by atoms with Crippen LogP contribution in [-0.4, -0.2) is 37.2 Å². The number of rotatable bonds is 49. The number of allylic oxidation sites excluding steroid dienone is 10. The minimum absolute atomic E-state index is 0.0855. The van der Waals surface area contributed by atoms with Crippen LogP contribution < -0.4 is 0 Å². The summed E-state index contributed by atoms with van der Waals surface area (Å²) in [5.41, 5.74) is 0. The first-order valence-corrected chi connectivity index (χ1v) is 27.3. The lowest BCUT2D eigenvalue weighted by atomic mass is 10.1. The van der Waals surface area contributed by atoms with Crippen molar-refractivity contribution >= 4 is 17.9 Å². The average molecular weight is 895 g/mol. The molecule has 0 amide bonds. The summed E-state index contributed by atoms with van der Waals surface area (Å²) in [6.45, 7) is 6.49. The summed E-state index contributed by atoms with van der Waals surface area (Å²) in [4.78, 5) is 38.0. The molecule has 0 fully saturated rings. The molecule has 64 heavy (non-hydrogen) atoms. The highest BCUT2D eigenvalue weighted by molar-refractivity contribution is 5.71. The Morgan fingerprint density at radius 1 is 0.344 bits per heavy atom. The van der Waals surface area contributed by atoms with Crippen LogP contribution in [-0.2, 0) is 28.6 Å². The van der Waals surface area contributed by atoms with E-state index >= 15 is 0 Å². The Labute approximate surface area is 396 Å². The molecule has 0 aliphatic rings. The quantitative estimate of drug-likeness (QED) is 0.0199. The van der Waals surface area contributed by atoms with Crippen LogP contribution in [0.5, 0.6) is 0 Å². The van der Waals surface area contributed by atoms with Crippen molar-refractivity contribution in [1.82, 2.24) is 0 Å². The summed E-state index contributed by atoms with van der Waals surface area (Å²) >= 11 is 0.